The molecule has 13 nitrogen and oxygen atoms in total. The highest BCUT2D eigenvalue weighted by Crippen LogP contribution is 2.49. The van der Waals surface area contributed by atoms with Gasteiger partial charge in [-0.25, -0.2) is 4.57 Å². The van der Waals surface area contributed by atoms with E-state index in [0.29, 0.717) is 25.8 Å². The molecule has 3 rings (SSSR count). The summed E-state index contributed by atoms with van der Waals surface area (Å²) in [5.41, 5.74) is 0.905. The van der Waals surface area contributed by atoms with Gasteiger partial charge in [0.05, 0.1) is 50.9 Å². The van der Waals surface area contributed by atoms with E-state index < -0.39 is 51.3 Å². The molecule has 0 aromatic heterocycles. The number of hydrogen-bond acceptors (Lipinski definition) is 13. The molecular formula is C31H39NO12P2. The number of nitrogens with zero attached hydrogens (tertiary/aromatic N) is 1. The van der Waals surface area contributed by atoms with E-state index >= 15 is 0 Å². The van der Waals surface area contributed by atoms with E-state index in [1.54, 1.807) is 25.2 Å². The molecule has 2 heterocycles. The van der Waals surface area contributed by atoms with Gasteiger partial charge in [0.2, 0.25) is 0 Å². The fourth-order valence-electron chi connectivity index (χ4n) is 5.25. The molecule has 1 aromatic rings. The number of phosphoric acid groups is 1. The van der Waals surface area contributed by atoms with Crippen molar-refractivity contribution in [3.8, 4) is 25.1 Å². The average Bonchev–Trinajstić information content (AvgIpc) is 3.24. The lowest BCUT2D eigenvalue weighted by atomic mass is 9.87. The van der Waals surface area contributed by atoms with Crippen LogP contribution in [0.4, 0.5) is 0 Å². The molecule has 1 saturated heterocycles. The summed E-state index contributed by atoms with van der Waals surface area (Å²) < 4.78 is 59.8. The molecule has 15 heteroatoms. The normalized spacial score (nSPS) is 21.9. The van der Waals surface area contributed by atoms with Gasteiger partial charge < -0.3 is 27.6 Å². The van der Waals surface area contributed by atoms with E-state index in [0.717, 1.165) is 5.56 Å². The van der Waals surface area contributed by atoms with Gasteiger partial charge in [-0.1, -0.05) is 49.3 Å². The van der Waals surface area contributed by atoms with Gasteiger partial charge >= 0.3 is 27.4 Å². The van der Waals surface area contributed by atoms with Crippen LogP contribution in [-0.4, -0.2) is 74.4 Å². The Kier molecular flexibility index (Phi) is 14.5. The molecule has 2 bridgehead atoms. The van der Waals surface area contributed by atoms with Crippen LogP contribution in [0, 0.1) is 36.9 Å². The maximum absolute atomic E-state index is 13.5. The zero-order valence-corrected chi connectivity index (χ0v) is 27.6. The number of rotatable bonds is 20. The molecule has 46 heavy (non-hydrogen) atoms. The quantitative estimate of drug-likeness (QED) is 0.0825. The minimum absolute atomic E-state index is 0.0113. The van der Waals surface area contributed by atoms with E-state index in [1.165, 1.54) is 12.7 Å². The van der Waals surface area contributed by atoms with Crippen molar-refractivity contribution >= 4 is 33.1 Å². The van der Waals surface area contributed by atoms with Gasteiger partial charge in [0.1, 0.15) is 12.2 Å². The predicted octanol–water partition coefficient (Wildman–Crippen LogP) is 4.47. The summed E-state index contributed by atoms with van der Waals surface area (Å²) in [4.78, 5) is 42.0. The number of hydrogen-bond donors (Lipinski definition) is 0. The number of unbranched alkanes of at least 4 members (excludes halogenated alkanes) is 2. The number of fused-ring (bicyclic) bond motifs is 2. The van der Waals surface area contributed by atoms with E-state index in [1.807, 2.05) is 35.2 Å². The second-order valence-corrected chi connectivity index (χ2v) is 14.0. The molecule has 0 aliphatic carbocycles. The van der Waals surface area contributed by atoms with Crippen molar-refractivity contribution in [1.29, 1.82) is 0 Å². The minimum Gasteiger partial charge on any atom is -0.465 e. The molecule has 3 unspecified atom stereocenters. The molecule has 2 aliphatic rings. The third-order valence-electron chi connectivity index (χ3n) is 7.17. The van der Waals surface area contributed by atoms with Gasteiger partial charge in [-0.05, 0) is 44.2 Å². The molecule has 0 spiro atoms. The topological polar surface area (TPSA) is 153 Å². The zero-order chi connectivity index (χ0) is 33.6. The fourth-order valence-corrected chi connectivity index (χ4v) is 7.01. The zero-order valence-electron chi connectivity index (χ0n) is 25.8. The van der Waals surface area contributed by atoms with Crippen molar-refractivity contribution in [2.75, 3.05) is 39.7 Å². The maximum Gasteiger partial charge on any atom is 0.604 e. The van der Waals surface area contributed by atoms with Crippen molar-refractivity contribution in [3.63, 3.8) is 0 Å². The molecule has 0 amide bonds. The number of benzene rings is 1. The molecule has 0 radical (unpaired) electrons. The SMILES string of the molecule is C#COP(=O)(OC#C)OCCCCOC(=O)C1C(C(=O)OCCCCOP(C)(=O)OCC)[C@@H]2C(=O)C=C[C@H]1N2Cc1ccccc1. The number of carbonyl (C=O) groups excluding carboxylic acids is 3. The van der Waals surface area contributed by atoms with Gasteiger partial charge in [0.15, 0.2) is 5.78 Å². The van der Waals surface area contributed by atoms with Crippen molar-refractivity contribution < 1.29 is 55.6 Å². The van der Waals surface area contributed by atoms with Crippen LogP contribution in [-0.2, 0) is 62.2 Å². The van der Waals surface area contributed by atoms with Crippen LogP contribution in [0.3, 0.4) is 0 Å². The van der Waals surface area contributed by atoms with Gasteiger partial charge in [-0.2, -0.15) is 0 Å². The lowest BCUT2D eigenvalue weighted by Crippen LogP contribution is -2.45. The van der Waals surface area contributed by atoms with E-state index in [-0.39, 0.29) is 45.2 Å². The molecule has 0 saturated carbocycles. The molecule has 2 aliphatic heterocycles. The number of phosphoric ester groups is 1. The standard InChI is InChI=1S/C31H39NO12P2/c1-5-40-45(4,36)43-21-13-11-20-39-31(35)28-27(30(34)38-19-12-14-22-44-46(37,41-6-2)42-7-3)25-17-18-26(33)29(28)32(25)23-24-15-9-8-10-16-24/h2-3,8-10,15-18,25,27-29H,5,11-14,19-23H2,1,4H3/t25-,27?,28?,29+,45?/m1/s1. The molecule has 1 aromatic carbocycles. The number of carbonyl (C=O) groups is 3. The summed E-state index contributed by atoms with van der Waals surface area (Å²) in [5.74, 6) is -3.77. The van der Waals surface area contributed by atoms with Crippen molar-refractivity contribution in [3.05, 3.63) is 48.0 Å². The van der Waals surface area contributed by atoms with E-state index in [9.17, 15) is 23.5 Å². The van der Waals surface area contributed by atoms with Crippen molar-refractivity contribution in [2.45, 2.75) is 51.2 Å². The lowest BCUT2D eigenvalue weighted by Gasteiger charge is -2.31. The minimum atomic E-state index is -4.11. The highest BCUT2D eigenvalue weighted by atomic mass is 31.2. The van der Waals surface area contributed by atoms with Crippen LogP contribution in [0.1, 0.15) is 38.2 Å². The first-order valence-electron chi connectivity index (χ1n) is 14.8. The van der Waals surface area contributed by atoms with Crippen molar-refractivity contribution in [2.24, 2.45) is 11.8 Å². The van der Waals surface area contributed by atoms with Crippen LogP contribution in [0.2, 0.25) is 0 Å². The molecule has 5 atom stereocenters. The highest BCUT2D eigenvalue weighted by molar-refractivity contribution is 7.52. The summed E-state index contributed by atoms with van der Waals surface area (Å²) in [6, 6.07) is 7.89. The average molecular weight is 680 g/mol. The first-order chi connectivity index (χ1) is 22.1. The Bertz CT molecular complexity index is 1380. The van der Waals surface area contributed by atoms with Crippen LogP contribution in [0.25, 0.3) is 0 Å². The molecular weight excluding hydrogens is 640 g/mol. The Morgan fingerprint density at radius 2 is 1.41 bits per heavy atom. The highest BCUT2D eigenvalue weighted by Gasteiger charge is 2.59. The first-order valence-corrected chi connectivity index (χ1v) is 18.3. The number of esters is 2. The number of terminal acetylenes is 2. The summed E-state index contributed by atoms with van der Waals surface area (Å²) in [6.45, 7) is 3.69. The van der Waals surface area contributed by atoms with E-state index in [2.05, 4.69) is 9.05 Å². The van der Waals surface area contributed by atoms with Gasteiger partial charge in [0.25, 0.3) is 0 Å². The largest absolute Gasteiger partial charge is 0.604 e. The Morgan fingerprint density at radius 3 is 2.00 bits per heavy atom. The maximum atomic E-state index is 13.5. The molecule has 0 N–H and O–H groups in total. The third kappa shape index (κ3) is 10.6. The first kappa shape index (κ1) is 37.1. The second kappa shape index (κ2) is 18.1. The van der Waals surface area contributed by atoms with Gasteiger partial charge in [-0.15, -0.1) is 0 Å². The third-order valence-corrected chi connectivity index (χ3v) is 9.71. The van der Waals surface area contributed by atoms with Crippen LogP contribution in [0.5, 0.6) is 0 Å². The van der Waals surface area contributed by atoms with Gasteiger partial charge in [-0.3, -0.25) is 28.4 Å². The van der Waals surface area contributed by atoms with Crippen LogP contribution in [0.15, 0.2) is 42.5 Å². The number of ketones is 1. The van der Waals surface area contributed by atoms with Crippen LogP contribution >= 0.6 is 15.4 Å². The summed E-state index contributed by atoms with van der Waals surface area (Å²) in [6.07, 6.45) is 17.8. The van der Waals surface area contributed by atoms with Crippen molar-refractivity contribution in [1.82, 2.24) is 4.90 Å². The fraction of sp³-hybridized carbons (Fsp3) is 0.516. The molecule has 250 valence electrons. The second-order valence-electron chi connectivity index (χ2n) is 10.4. The predicted molar refractivity (Wildman–Crippen MR) is 166 cm³/mol. The Morgan fingerprint density at radius 1 is 0.848 bits per heavy atom. The monoisotopic (exact) mass is 679 g/mol. The smallest absolute Gasteiger partial charge is 0.465 e. The van der Waals surface area contributed by atoms with E-state index in [4.69, 9.17) is 35.9 Å². The number of ether oxygens (including phenoxy) is 2. The lowest BCUT2D eigenvalue weighted by molar-refractivity contribution is -0.160. The summed E-state index contributed by atoms with van der Waals surface area (Å²) in [5, 5.41) is 0. The summed E-state index contributed by atoms with van der Waals surface area (Å²) in [7, 11) is -7.24. The van der Waals surface area contributed by atoms with Gasteiger partial charge in [0, 0.05) is 19.3 Å². The Balaban J connectivity index is 1.64. The summed E-state index contributed by atoms with van der Waals surface area (Å²) >= 11 is 0. The molecule has 1 fully saturated rings. The Hall–Kier alpha value is -3.41. The van der Waals surface area contributed by atoms with Crippen LogP contribution < -0.4 is 0 Å². The Labute approximate surface area is 269 Å².